The van der Waals surface area contributed by atoms with Crippen molar-refractivity contribution in [3.05, 3.63) is 71.4 Å². The standard InChI is InChI=1S/C19H15ClN2O3/c1-24-17-3-2-10-22-18(17)15-11-12(19(21)23)4-9-16(15)25-14-7-5-13(20)6-8-14/h2-11H,1H3,(H2,21,23). The minimum Gasteiger partial charge on any atom is -0.494 e. The van der Waals surface area contributed by atoms with E-state index in [1.807, 2.05) is 0 Å². The molecule has 2 aromatic carbocycles. The highest BCUT2D eigenvalue weighted by Crippen LogP contribution is 2.37. The number of nitrogens with zero attached hydrogens (tertiary/aromatic N) is 1. The van der Waals surface area contributed by atoms with Crippen molar-refractivity contribution >= 4 is 17.5 Å². The number of ether oxygens (including phenoxy) is 2. The van der Waals surface area contributed by atoms with E-state index in [0.29, 0.717) is 39.1 Å². The monoisotopic (exact) mass is 354 g/mol. The van der Waals surface area contributed by atoms with Gasteiger partial charge in [0.15, 0.2) is 0 Å². The lowest BCUT2D eigenvalue weighted by Gasteiger charge is -2.14. The molecule has 0 unspecified atom stereocenters. The van der Waals surface area contributed by atoms with Crippen LogP contribution in [0.25, 0.3) is 11.3 Å². The third kappa shape index (κ3) is 3.72. The van der Waals surface area contributed by atoms with Crippen molar-refractivity contribution in [2.24, 2.45) is 5.73 Å². The second kappa shape index (κ2) is 7.23. The lowest BCUT2D eigenvalue weighted by Crippen LogP contribution is -2.11. The molecule has 0 bridgehead atoms. The number of hydrogen-bond acceptors (Lipinski definition) is 4. The normalized spacial score (nSPS) is 10.3. The van der Waals surface area contributed by atoms with Crippen molar-refractivity contribution in [2.45, 2.75) is 0 Å². The van der Waals surface area contributed by atoms with Crippen LogP contribution in [0.4, 0.5) is 0 Å². The van der Waals surface area contributed by atoms with Gasteiger partial charge in [-0.15, -0.1) is 0 Å². The molecule has 0 spiro atoms. The van der Waals surface area contributed by atoms with E-state index < -0.39 is 5.91 Å². The minimum absolute atomic E-state index is 0.353. The molecule has 2 N–H and O–H groups in total. The lowest BCUT2D eigenvalue weighted by atomic mass is 10.0. The summed E-state index contributed by atoms with van der Waals surface area (Å²) in [6, 6.07) is 15.4. The molecular weight excluding hydrogens is 340 g/mol. The summed E-state index contributed by atoms with van der Waals surface area (Å²) < 4.78 is 11.3. The first kappa shape index (κ1) is 16.8. The molecule has 0 atom stereocenters. The van der Waals surface area contributed by atoms with Gasteiger partial charge in [0.1, 0.15) is 22.9 Å². The molecule has 0 radical (unpaired) electrons. The predicted molar refractivity (Wildman–Crippen MR) is 96.3 cm³/mol. The van der Waals surface area contributed by atoms with E-state index in [9.17, 15) is 4.79 Å². The Morgan fingerprint density at radius 2 is 1.84 bits per heavy atom. The highest BCUT2D eigenvalue weighted by atomic mass is 35.5. The number of benzene rings is 2. The van der Waals surface area contributed by atoms with Gasteiger partial charge in [0, 0.05) is 22.3 Å². The molecule has 0 aliphatic rings. The van der Waals surface area contributed by atoms with Gasteiger partial charge in [-0.3, -0.25) is 9.78 Å². The topological polar surface area (TPSA) is 74.4 Å². The van der Waals surface area contributed by atoms with Crippen LogP contribution >= 0.6 is 11.6 Å². The van der Waals surface area contributed by atoms with E-state index in [2.05, 4.69) is 4.98 Å². The Hall–Kier alpha value is -3.05. The van der Waals surface area contributed by atoms with Gasteiger partial charge in [-0.25, -0.2) is 0 Å². The third-order valence-electron chi connectivity index (χ3n) is 3.55. The number of halogens is 1. The zero-order valence-corrected chi connectivity index (χ0v) is 14.2. The van der Waals surface area contributed by atoms with Gasteiger partial charge in [0.25, 0.3) is 0 Å². The van der Waals surface area contributed by atoms with Crippen molar-refractivity contribution in [1.82, 2.24) is 4.98 Å². The summed E-state index contributed by atoms with van der Waals surface area (Å²) in [4.78, 5) is 15.9. The smallest absolute Gasteiger partial charge is 0.248 e. The highest BCUT2D eigenvalue weighted by molar-refractivity contribution is 6.30. The van der Waals surface area contributed by atoms with Crippen molar-refractivity contribution in [3.8, 4) is 28.5 Å². The van der Waals surface area contributed by atoms with Crippen LogP contribution in [-0.4, -0.2) is 18.0 Å². The molecular formula is C19H15ClN2O3. The van der Waals surface area contributed by atoms with E-state index in [4.69, 9.17) is 26.8 Å². The summed E-state index contributed by atoms with van der Waals surface area (Å²) in [5.74, 6) is 1.15. The van der Waals surface area contributed by atoms with Crippen molar-refractivity contribution in [2.75, 3.05) is 7.11 Å². The molecule has 0 saturated carbocycles. The van der Waals surface area contributed by atoms with Crippen molar-refractivity contribution in [3.63, 3.8) is 0 Å². The van der Waals surface area contributed by atoms with Gasteiger partial charge in [-0.2, -0.15) is 0 Å². The first-order valence-corrected chi connectivity index (χ1v) is 7.83. The van der Waals surface area contributed by atoms with E-state index in [-0.39, 0.29) is 0 Å². The molecule has 0 aliphatic heterocycles. The van der Waals surface area contributed by atoms with Gasteiger partial charge < -0.3 is 15.2 Å². The third-order valence-corrected chi connectivity index (χ3v) is 3.80. The number of amides is 1. The first-order chi connectivity index (χ1) is 12.1. The van der Waals surface area contributed by atoms with Gasteiger partial charge in [-0.1, -0.05) is 11.6 Å². The Labute approximate surface area is 150 Å². The zero-order chi connectivity index (χ0) is 17.8. The maximum atomic E-state index is 11.6. The number of carbonyl (C=O) groups is 1. The maximum absolute atomic E-state index is 11.6. The van der Waals surface area contributed by atoms with Crippen LogP contribution in [0.1, 0.15) is 10.4 Å². The van der Waals surface area contributed by atoms with Crippen molar-refractivity contribution < 1.29 is 14.3 Å². The average molecular weight is 355 g/mol. The van der Waals surface area contributed by atoms with Gasteiger partial charge >= 0.3 is 0 Å². The summed E-state index contributed by atoms with van der Waals surface area (Å²) in [5.41, 5.74) is 6.91. The first-order valence-electron chi connectivity index (χ1n) is 7.45. The summed E-state index contributed by atoms with van der Waals surface area (Å²) in [5, 5.41) is 0.614. The molecule has 25 heavy (non-hydrogen) atoms. The molecule has 1 amide bonds. The second-order valence-corrected chi connectivity index (χ2v) is 5.62. The Balaban J connectivity index is 2.11. The number of nitrogens with two attached hydrogens (primary N) is 1. The largest absolute Gasteiger partial charge is 0.494 e. The minimum atomic E-state index is -0.533. The number of pyridine rings is 1. The molecule has 1 aromatic heterocycles. The molecule has 0 aliphatic carbocycles. The second-order valence-electron chi connectivity index (χ2n) is 5.19. The molecule has 0 fully saturated rings. The summed E-state index contributed by atoms with van der Waals surface area (Å²) in [7, 11) is 1.55. The van der Waals surface area contributed by atoms with Gasteiger partial charge in [0.05, 0.1) is 7.11 Å². The molecule has 6 heteroatoms. The summed E-state index contributed by atoms with van der Waals surface area (Å²) in [6.45, 7) is 0. The quantitative estimate of drug-likeness (QED) is 0.741. The van der Waals surface area contributed by atoms with Gasteiger partial charge in [0.2, 0.25) is 5.91 Å². The lowest BCUT2D eigenvalue weighted by molar-refractivity contribution is 0.100. The number of aromatic nitrogens is 1. The van der Waals surface area contributed by atoms with E-state index in [1.54, 1.807) is 67.9 Å². The number of hydrogen-bond donors (Lipinski definition) is 1. The maximum Gasteiger partial charge on any atom is 0.248 e. The molecule has 3 rings (SSSR count). The number of carbonyl (C=O) groups excluding carboxylic acids is 1. The van der Waals surface area contributed by atoms with Crippen LogP contribution in [0.2, 0.25) is 5.02 Å². The Kier molecular flexibility index (Phi) is 4.86. The SMILES string of the molecule is COc1cccnc1-c1cc(C(N)=O)ccc1Oc1ccc(Cl)cc1. The molecule has 5 nitrogen and oxygen atoms in total. The number of methoxy groups -OCH3 is 1. The van der Waals surface area contributed by atoms with E-state index >= 15 is 0 Å². The van der Waals surface area contributed by atoms with Crippen LogP contribution in [0.3, 0.4) is 0 Å². The summed E-state index contributed by atoms with van der Waals surface area (Å²) >= 11 is 5.90. The fourth-order valence-corrected chi connectivity index (χ4v) is 2.47. The van der Waals surface area contributed by atoms with Gasteiger partial charge in [-0.05, 0) is 54.6 Å². The van der Waals surface area contributed by atoms with Crippen LogP contribution in [0, 0.1) is 0 Å². The zero-order valence-electron chi connectivity index (χ0n) is 13.4. The van der Waals surface area contributed by atoms with Crippen LogP contribution in [-0.2, 0) is 0 Å². The molecule has 1 heterocycles. The van der Waals surface area contributed by atoms with Crippen molar-refractivity contribution in [1.29, 1.82) is 0 Å². The van der Waals surface area contributed by atoms with Crippen LogP contribution in [0.15, 0.2) is 60.8 Å². The highest BCUT2D eigenvalue weighted by Gasteiger charge is 2.16. The number of primary amides is 1. The number of rotatable bonds is 5. The van der Waals surface area contributed by atoms with E-state index in [1.165, 1.54) is 0 Å². The van der Waals surface area contributed by atoms with Crippen LogP contribution < -0.4 is 15.2 Å². The Morgan fingerprint density at radius 1 is 1.08 bits per heavy atom. The molecule has 0 saturated heterocycles. The summed E-state index contributed by atoms with van der Waals surface area (Å²) in [6.07, 6.45) is 1.64. The Morgan fingerprint density at radius 3 is 2.52 bits per heavy atom. The van der Waals surface area contributed by atoms with Crippen LogP contribution in [0.5, 0.6) is 17.2 Å². The fraction of sp³-hybridized carbons (Fsp3) is 0.0526. The predicted octanol–water partition coefficient (Wildman–Crippen LogP) is 4.30. The fourth-order valence-electron chi connectivity index (χ4n) is 2.34. The molecule has 126 valence electrons. The molecule has 3 aromatic rings. The van der Waals surface area contributed by atoms with E-state index in [0.717, 1.165) is 0 Å². The Bertz CT molecular complexity index is 911. The average Bonchev–Trinajstić information content (AvgIpc) is 2.63.